The minimum Gasteiger partial charge on any atom is -0.495 e. The molecule has 0 saturated carbocycles. The van der Waals surface area contributed by atoms with Crippen molar-refractivity contribution in [3.8, 4) is 5.75 Å². The van der Waals surface area contributed by atoms with Gasteiger partial charge in [-0.05, 0) is 18.2 Å². The summed E-state index contributed by atoms with van der Waals surface area (Å²) in [4.78, 5) is 17.4. The highest BCUT2D eigenvalue weighted by molar-refractivity contribution is 7.89. The molecule has 4 rings (SSSR count). The molecule has 3 heterocycles. The monoisotopic (exact) mass is 433 g/mol. The van der Waals surface area contributed by atoms with Gasteiger partial charge in [0.1, 0.15) is 20.4 Å². The number of carbonyl (C=O) groups excluding carboxylic acids is 1. The van der Waals surface area contributed by atoms with E-state index in [1.165, 1.54) is 28.8 Å². The molecule has 3 aromatic rings. The molecule has 0 spiro atoms. The SMILES string of the molecule is COc1ccccc1S(=O)(=O)N1CCOC(c2c(C(N)=O)sc3ncccc23)C1. The topological polar surface area (TPSA) is 112 Å². The summed E-state index contributed by atoms with van der Waals surface area (Å²) in [5.41, 5.74) is 6.16. The first-order valence-corrected chi connectivity index (χ1v) is 11.1. The van der Waals surface area contributed by atoms with E-state index in [4.69, 9.17) is 15.2 Å². The maximum absolute atomic E-state index is 13.3. The van der Waals surface area contributed by atoms with Gasteiger partial charge in [-0.2, -0.15) is 4.31 Å². The predicted molar refractivity (Wildman–Crippen MR) is 109 cm³/mol. The average Bonchev–Trinajstić information content (AvgIpc) is 3.14. The molecule has 1 aromatic carbocycles. The quantitative estimate of drug-likeness (QED) is 0.660. The minimum atomic E-state index is -3.82. The fourth-order valence-corrected chi connectivity index (χ4v) is 6.07. The van der Waals surface area contributed by atoms with Crippen molar-refractivity contribution >= 4 is 37.5 Å². The molecule has 1 atom stereocenters. The number of morpholine rings is 1. The number of para-hydroxylation sites is 1. The number of pyridine rings is 1. The Labute approximate surface area is 171 Å². The molecular formula is C19H19N3O5S2. The standard InChI is InChI=1S/C19H19N3O5S2/c1-26-13-6-2-3-7-15(13)29(24,25)22-9-10-27-14(11-22)16-12-5-4-8-21-19(12)28-17(16)18(20)23/h2-8,14H,9-11H2,1H3,(H2,20,23). The molecular weight excluding hydrogens is 414 g/mol. The highest BCUT2D eigenvalue weighted by atomic mass is 32.2. The second kappa shape index (κ2) is 7.71. The van der Waals surface area contributed by atoms with Gasteiger partial charge in [-0.1, -0.05) is 18.2 Å². The lowest BCUT2D eigenvalue weighted by Gasteiger charge is -2.32. The Morgan fingerprint density at radius 3 is 2.86 bits per heavy atom. The van der Waals surface area contributed by atoms with Crippen LogP contribution in [0.15, 0.2) is 47.5 Å². The van der Waals surface area contributed by atoms with Crippen LogP contribution in [0.1, 0.15) is 21.3 Å². The van der Waals surface area contributed by atoms with Crippen molar-refractivity contribution in [3.05, 3.63) is 53.0 Å². The van der Waals surface area contributed by atoms with E-state index in [1.54, 1.807) is 30.5 Å². The first-order valence-electron chi connectivity index (χ1n) is 8.85. The number of aromatic nitrogens is 1. The molecule has 1 fully saturated rings. The molecule has 1 saturated heterocycles. The van der Waals surface area contributed by atoms with Crippen LogP contribution in [-0.4, -0.2) is 50.4 Å². The zero-order valence-corrected chi connectivity index (χ0v) is 17.2. The van der Waals surface area contributed by atoms with Crippen LogP contribution in [0.5, 0.6) is 5.75 Å². The van der Waals surface area contributed by atoms with Gasteiger partial charge in [0.2, 0.25) is 10.0 Å². The van der Waals surface area contributed by atoms with E-state index in [-0.39, 0.29) is 30.3 Å². The summed E-state index contributed by atoms with van der Waals surface area (Å²) in [5, 5.41) is 0.743. The molecule has 10 heteroatoms. The number of ether oxygens (including phenoxy) is 2. The van der Waals surface area contributed by atoms with E-state index in [1.807, 2.05) is 6.07 Å². The molecule has 1 aliphatic heterocycles. The number of nitrogens with two attached hydrogens (primary N) is 1. The van der Waals surface area contributed by atoms with Gasteiger partial charge < -0.3 is 15.2 Å². The summed E-state index contributed by atoms with van der Waals surface area (Å²) in [5.74, 6) is -0.310. The highest BCUT2D eigenvalue weighted by Crippen LogP contribution is 2.38. The molecule has 0 radical (unpaired) electrons. The van der Waals surface area contributed by atoms with Gasteiger partial charge in [0.25, 0.3) is 5.91 Å². The van der Waals surface area contributed by atoms with Gasteiger partial charge in [-0.25, -0.2) is 13.4 Å². The third kappa shape index (κ3) is 3.48. The van der Waals surface area contributed by atoms with Crippen LogP contribution in [-0.2, 0) is 14.8 Å². The lowest BCUT2D eigenvalue weighted by molar-refractivity contribution is -0.00192. The zero-order chi connectivity index (χ0) is 20.6. The minimum absolute atomic E-state index is 0.0569. The Morgan fingerprint density at radius 2 is 2.10 bits per heavy atom. The summed E-state index contributed by atoms with van der Waals surface area (Å²) in [7, 11) is -2.38. The Kier molecular flexibility index (Phi) is 5.26. The fraction of sp³-hybridized carbons (Fsp3) is 0.263. The number of fused-ring (bicyclic) bond motifs is 1. The Bertz CT molecular complexity index is 1180. The molecule has 1 aliphatic rings. The van der Waals surface area contributed by atoms with Gasteiger partial charge >= 0.3 is 0 Å². The van der Waals surface area contributed by atoms with E-state index in [0.717, 1.165) is 5.39 Å². The number of benzene rings is 1. The van der Waals surface area contributed by atoms with Crippen LogP contribution >= 0.6 is 11.3 Å². The van der Waals surface area contributed by atoms with E-state index < -0.39 is 22.0 Å². The molecule has 8 nitrogen and oxygen atoms in total. The Hall–Kier alpha value is -2.53. The largest absolute Gasteiger partial charge is 0.495 e. The number of primary amides is 1. The van der Waals surface area contributed by atoms with Crippen molar-refractivity contribution in [2.24, 2.45) is 5.73 Å². The number of hydrogen-bond donors (Lipinski definition) is 1. The number of rotatable bonds is 5. The van der Waals surface area contributed by atoms with Crippen molar-refractivity contribution in [3.63, 3.8) is 0 Å². The first-order chi connectivity index (χ1) is 13.9. The molecule has 1 amide bonds. The van der Waals surface area contributed by atoms with Crippen LogP contribution in [0.2, 0.25) is 0 Å². The van der Waals surface area contributed by atoms with E-state index in [9.17, 15) is 13.2 Å². The van der Waals surface area contributed by atoms with Gasteiger partial charge in [-0.3, -0.25) is 4.79 Å². The summed E-state index contributed by atoms with van der Waals surface area (Å²) >= 11 is 1.18. The number of nitrogens with zero attached hydrogens (tertiary/aromatic N) is 2. The van der Waals surface area contributed by atoms with E-state index in [2.05, 4.69) is 4.98 Å². The summed E-state index contributed by atoms with van der Waals surface area (Å²) < 4.78 is 39.0. The van der Waals surface area contributed by atoms with Crippen LogP contribution in [0, 0.1) is 0 Å². The zero-order valence-electron chi connectivity index (χ0n) is 15.6. The van der Waals surface area contributed by atoms with E-state index in [0.29, 0.717) is 15.3 Å². The van der Waals surface area contributed by atoms with Crippen molar-refractivity contribution in [1.82, 2.24) is 9.29 Å². The predicted octanol–water partition coefficient (Wildman–Crippen LogP) is 2.17. The normalized spacial score (nSPS) is 18.0. The lowest BCUT2D eigenvalue weighted by Crippen LogP contribution is -2.42. The van der Waals surface area contributed by atoms with Crippen molar-refractivity contribution < 1.29 is 22.7 Å². The smallest absolute Gasteiger partial charge is 0.259 e. The van der Waals surface area contributed by atoms with Crippen LogP contribution in [0.25, 0.3) is 10.2 Å². The maximum atomic E-state index is 13.3. The van der Waals surface area contributed by atoms with Gasteiger partial charge in [0.05, 0.1) is 19.8 Å². The van der Waals surface area contributed by atoms with Crippen LogP contribution in [0.4, 0.5) is 0 Å². The summed E-state index contributed by atoms with van der Waals surface area (Å²) in [6, 6.07) is 10.1. The van der Waals surface area contributed by atoms with Crippen LogP contribution < -0.4 is 10.5 Å². The number of amides is 1. The molecule has 2 N–H and O–H groups in total. The molecule has 0 aliphatic carbocycles. The fourth-order valence-electron chi connectivity index (χ4n) is 3.44. The van der Waals surface area contributed by atoms with Gasteiger partial charge in [-0.15, -0.1) is 11.3 Å². The summed E-state index contributed by atoms with van der Waals surface area (Å²) in [6.45, 7) is 0.444. The number of methoxy groups -OCH3 is 1. The number of thiophene rings is 1. The maximum Gasteiger partial charge on any atom is 0.259 e. The van der Waals surface area contributed by atoms with Gasteiger partial charge in [0.15, 0.2) is 0 Å². The third-order valence-corrected chi connectivity index (χ3v) is 7.81. The number of hydrogen-bond acceptors (Lipinski definition) is 7. The Morgan fingerprint density at radius 1 is 1.31 bits per heavy atom. The average molecular weight is 434 g/mol. The molecule has 29 heavy (non-hydrogen) atoms. The molecule has 0 bridgehead atoms. The third-order valence-electron chi connectivity index (χ3n) is 4.77. The van der Waals surface area contributed by atoms with Gasteiger partial charge in [0, 0.05) is 30.2 Å². The molecule has 152 valence electrons. The second-order valence-electron chi connectivity index (χ2n) is 6.44. The lowest BCUT2D eigenvalue weighted by atomic mass is 10.0. The van der Waals surface area contributed by atoms with Crippen molar-refractivity contribution in [2.75, 3.05) is 26.8 Å². The first kappa shape index (κ1) is 19.8. The molecule has 2 aromatic heterocycles. The summed E-state index contributed by atoms with van der Waals surface area (Å²) in [6.07, 6.45) is 1.00. The van der Waals surface area contributed by atoms with Crippen molar-refractivity contribution in [1.29, 1.82) is 0 Å². The van der Waals surface area contributed by atoms with Crippen molar-refractivity contribution in [2.45, 2.75) is 11.0 Å². The Balaban J connectivity index is 1.74. The number of carbonyl (C=O) groups is 1. The molecule has 1 unspecified atom stereocenters. The second-order valence-corrected chi connectivity index (χ2v) is 9.34. The van der Waals surface area contributed by atoms with Crippen LogP contribution in [0.3, 0.4) is 0 Å². The van der Waals surface area contributed by atoms with E-state index >= 15 is 0 Å². The highest BCUT2D eigenvalue weighted by Gasteiger charge is 2.36. The number of sulfonamides is 1.